The molecule has 1 aliphatic rings. The number of aryl methyl sites for hydroxylation is 1. The second kappa shape index (κ2) is 5.61. The molecule has 1 aromatic heterocycles. The summed E-state index contributed by atoms with van der Waals surface area (Å²) in [5.74, 6) is -0.0788. The van der Waals surface area contributed by atoms with Gasteiger partial charge < -0.3 is 4.90 Å². The average molecular weight is 326 g/mol. The van der Waals surface area contributed by atoms with Crippen molar-refractivity contribution in [2.45, 2.75) is 11.8 Å². The van der Waals surface area contributed by atoms with Crippen LogP contribution in [0.25, 0.3) is 0 Å². The van der Waals surface area contributed by atoms with E-state index in [-0.39, 0.29) is 18.0 Å². The van der Waals surface area contributed by atoms with Crippen LogP contribution in [0.5, 0.6) is 0 Å². The van der Waals surface area contributed by atoms with Crippen LogP contribution in [0.15, 0.2) is 23.1 Å². The number of nitrogens with one attached hydrogen (secondary N) is 1. The maximum Gasteiger partial charge on any atom is 0.265 e. The van der Waals surface area contributed by atoms with Crippen molar-refractivity contribution < 1.29 is 12.8 Å². The number of halogens is 1. The molecule has 1 aromatic carbocycles. The van der Waals surface area contributed by atoms with Gasteiger partial charge in [0, 0.05) is 26.2 Å². The number of anilines is 1. The largest absolute Gasteiger partial charge is 0.336 e. The van der Waals surface area contributed by atoms with E-state index in [4.69, 9.17) is 0 Å². The van der Waals surface area contributed by atoms with Gasteiger partial charge in [0.05, 0.1) is 4.90 Å². The van der Waals surface area contributed by atoms with Gasteiger partial charge in [-0.05, 0) is 29.8 Å². The number of benzene rings is 1. The number of rotatable bonds is 3. The molecule has 1 N–H and O–H groups in total. The molecule has 1 aliphatic heterocycles. The van der Waals surface area contributed by atoms with E-state index in [1.54, 1.807) is 6.92 Å². The summed E-state index contributed by atoms with van der Waals surface area (Å²) in [5.41, 5.74) is 0.417. The minimum absolute atomic E-state index is 0.0244. The topological polar surface area (TPSA) is 95.1 Å². The standard InChI is InChI=1S/C12H15FN6O2S/c1-9-2-3-10(8-11(9)13)22(20,21)19-6-4-18(5-7-19)12-14-16-17-15-12/h2-3,8H,4-7H2,1H3,(H,14,15,16,17). The third-order valence-electron chi connectivity index (χ3n) is 3.64. The van der Waals surface area contributed by atoms with Crippen molar-refractivity contribution in [3.05, 3.63) is 29.6 Å². The lowest BCUT2D eigenvalue weighted by Crippen LogP contribution is -2.49. The van der Waals surface area contributed by atoms with Crippen molar-refractivity contribution in [2.75, 3.05) is 31.1 Å². The number of H-pyrrole nitrogens is 1. The number of hydrogen-bond acceptors (Lipinski definition) is 6. The Kier molecular flexibility index (Phi) is 3.79. The smallest absolute Gasteiger partial charge is 0.265 e. The van der Waals surface area contributed by atoms with E-state index >= 15 is 0 Å². The molecule has 0 atom stereocenters. The molecule has 2 aromatic rings. The van der Waals surface area contributed by atoms with Crippen LogP contribution in [-0.2, 0) is 10.0 Å². The second-order valence-electron chi connectivity index (χ2n) is 5.01. The number of nitrogens with zero attached hydrogens (tertiary/aromatic N) is 5. The molecule has 0 unspecified atom stereocenters. The first-order valence-corrected chi connectivity index (χ1v) is 8.17. The zero-order valence-electron chi connectivity index (χ0n) is 11.9. The molecular weight excluding hydrogens is 311 g/mol. The number of hydrogen-bond donors (Lipinski definition) is 1. The average Bonchev–Trinajstić information content (AvgIpc) is 3.04. The zero-order chi connectivity index (χ0) is 15.7. The molecule has 3 rings (SSSR count). The molecular formula is C12H15FN6O2S. The van der Waals surface area contributed by atoms with Crippen molar-refractivity contribution in [1.29, 1.82) is 0 Å². The van der Waals surface area contributed by atoms with E-state index in [1.807, 2.05) is 4.90 Å². The fraction of sp³-hybridized carbons (Fsp3) is 0.417. The highest BCUT2D eigenvalue weighted by Gasteiger charge is 2.29. The minimum atomic E-state index is -3.69. The Morgan fingerprint density at radius 1 is 1.23 bits per heavy atom. The molecule has 22 heavy (non-hydrogen) atoms. The maximum absolute atomic E-state index is 13.6. The van der Waals surface area contributed by atoms with Crippen molar-refractivity contribution >= 4 is 16.0 Å². The van der Waals surface area contributed by atoms with E-state index in [0.29, 0.717) is 24.6 Å². The number of tetrazole rings is 1. The van der Waals surface area contributed by atoms with E-state index < -0.39 is 15.8 Å². The third kappa shape index (κ3) is 2.66. The molecule has 0 saturated carbocycles. The lowest BCUT2D eigenvalue weighted by Gasteiger charge is -2.33. The van der Waals surface area contributed by atoms with Crippen LogP contribution in [0, 0.1) is 12.7 Å². The minimum Gasteiger partial charge on any atom is -0.336 e. The molecule has 0 spiro atoms. The molecule has 10 heteroatoms. The summed E-state index contributed by atoms with van der Waals surface area (Å²) in [4.78, 5) is 1.81. The van der Waals surface area contributed by atoms with Gasteiger partial charge in [0.15, 0.2) is 0 Å². The summed E-state index contributed by atoms with van der Waals surface area (Å²) in [6.45, 7) is 3.06. The van der Waals surface area contributed by atoms with E-state index in [2.05, 4.69) is 20.6 Å². The van der Waals surface area contributed by atoms with Gasteiger partial charge in [0.1, 0.15) is 5.82 Å². The van der Waals surface area contributed by atoms with Gasteiger partial charge >= 0.3 is 0 Å². The SMILES string of the molecule is Cc1ccc(S(=O)(=O)N2CCN(c3nn[nH]n3)CC2)cc1F. The highest BCUT2D eigenvalue weighted by molar-refractivity contribution is 7.89. The summed E-state index contributed by atoms with van der Waals surface area (Å²) in [6, 6.07) is 3.97. The summed E-state index contributed by atoms with van der Waals surface area (Å²) in [7, 11) is -3.69. The Morgan fingerprint density at radius 2 is 1.95 bits per heavy atom. The normalized spacial score (nSPS) is 16.9. The molecule has 0 bridgehead atoms. The Morgan fingerprint density at radius 3 is 2.55 bits per heavy atom. The van der Waals surface area contributed by atoms with Crippen LogP contribution in [0.1, 0.15) is 5.56 Å². The monoisotopic (exact) mass is 326 g/mol. The van der Waals surface area contributed by atoms with Crippen molar-refractivity contribution in [1.82, 2.24) is 24.9 Å². The number of aromatic amines is 1. The highest BCUT2D eigenvalue weighted by atomic mass is 32.2. The van der Waals surface area contributed by atoms with Gasteiger partial charge in [0.2, 0.25) is 10.0 Å². The van der Waals surface area contributed by atoms with E-state index in [1.165, 1.54) is 16.4 Å². The van der Waals surface area contributed by atoms with Crippen molar-refractivity contribution in [2.24, 2.45) is 0 Å². The first kappa shape index (κ1) is 14.9. The Balaban J connectivity index is 1.75. The van der Waals surface area contributed by atoms with Crippen LogP contribution in [0.2, 0.25) is 0 Å². The highest BCUT2D eigenvalue weighted by Crippen LogP contribution is 2.20. The molecule has 1 fully saturated rings. The molecule has 2 heterocycles. The summed E-state index contributed by atoms with van der Waals surface area (Å²) in [5, 5.41) is 13.6. The van der Waals surface area contributed by atoms with Gasteiger partial charge in [-0.3, -0.25) is 0 Å². The Bertz CT molecular complexity index is 756. The zero-order valence-corrected chi connectivity index (χ0v) is 12.7. The molecule has 118 valence electrons. The molecule has 0 amide bonds. The van der Waals surface area contributed by atoms with Crippen molar-refractivity contribution in [3.63, 3.8) is 0 Å². The lowest BCUT2D eigenvalue weighted by atomic mass is 10.2. The summed E-state index contributed by atoms with van der Waals surface area (Å²) >= 11 is 0. The Hall–Kier alpha value is -2.07. The first-order valence-electron chi connectivity index (χ1n) is 6.73. The number of piperazine rings is 1. The van der Waals surface area contributed by atoms with E-state index in [9.17, 15) is 12.8 Å². The predicted octanol–water partition coefficient (Wildman–Crippen LogP) is 0.158. The maximum atomic E-state index is 13.6. The van der Waals surface area contributed by atoms with Gasteiger partial charge in [-0.2, -0.15) is 9.52 Å². The third-order valence-corrected chi connectivity index (χ3v) is 5.53. The van der Waals surface area contributed by atoms with Crippen LogP contribution in [0.3, 0.4) is 0 Å². The van der Waals surface area contributed by atoms with Crippen LogP contribution in [-0.4, -0.2) is 59.5 Å². The van der Waals surface area contributed by atoms with Crippen molar-refractivity contribution in [3.8, 4) is 0 Å². The lowest BCUT2D eigenvalue weighted by molar-refractivity contribution is 0.382. The van der Waals surface area contributed by atoms with Gasteiger partial charge in [-0.15, -0.1) is 5.10 Å². The Labute approximate surface area is 127 Å². The van der Waals surface area contributed by atoms with Crippen LogP contribution >= 0.6 is 0 Å². The fourth-order valence-corrected chi connectivity index (χ4v) is 3.74. The summed E-state index contributed by atoms with van der Waals surface area (Å²) in [6.07, 6.45) is 0. The molecule has 0 aliphatic carbocycles. The quantitative estimate of drug-likeness (QED) is 0.863. The summed E-state index contributed by atoms with van der Waals surface area (Å²) < 4.78 is 40.0. The van der Waals surface area contributed by atoms with Gasteiger partial charge in [0.25, 0.3) is 5.95 Å². The predicted molar refractivity (Wildman–Crippen MR) is 76.3 cm³/mol. The molecule has 0 radical (unpaired) electrons. The molecule has 8 nitrogen and oxygen atoms in total. The van der Waals surface area contributed by atoms with Gasteiger partial charge in [-0.1, -0.05) is 11.2 Å². The van der Waals surface area contributed by atoms with Crippen LogP contribution in [0.4, 0.5) is 10.3 Å². The number of sulfonamides is 1. The van der Waals surface area contributed by atoms with E-state index in [0.717, 1.165) is 6.07 Å². The first-order chi connectivity index (χ1) is 10.5. The second-order valence-corrected chi connectivity index (χ2v) is 6.95. The van der Waals surface area contributed by atoms with Crippen LogP contribution < -0.4 is 4.90 Å². The molecule has 1 saturated heterocycles. The number of aromatic nitrogens is 4. The van der Waals surface area contributed by atoms with Gasteiger partial charge in [-0.25, -0.2) is 12.8 Å². The fourth-order valence-electron chi connectivity index (χ4n) is 2.30.